The van der Waals surface area contributed by atoms with Gasteiger partial charge in [-0.1, -0.05) is 26.0 Å². The number of carboxylic acid groups (broad SMARTS) is 2. The highest BCUT2D eigenvalue weighted by atomic mass is 16.4. The standard InChI is InChI=1S/C24H37N7O8/c1-12(2)19(25)22(37)29-15(4-3-9-28-24(26)27)20(35)30-16(10-13-5-7-14(32)8-6-13)21(36)31-17(23(38)39)11-18(33)34/h5-8,12,15-17,19,32H,3-4,9-11,25H2,1-2H3,(H,29,37)(H,30,35)(H,31,36)(H,33,34)(H,38,39)(H4,26,27,28). The average Bonchev–Trinajstić information content (AvgIpc) is 2.84. The maximum absolute atomic E-state index is 13.3. The van der Waals surface area contributed by atoms with Crippen molar-refractivity contribution in [3.63, 3.8) is 0 Å². The van der Waals surface area contributed by atoms with Gasteiger partial charge in [0.15, 0.2) is 5.96 Å². The highest BCUT2D eigenvalue weighted by Gasteiger charge is 2.31. The molecule has 0 aliphatic carbocycles. The molecule has 15 nitrogen and oxygen atoms in total. The number of guanidine groups is 1. The van der Waals surface area contributed by atoms with Crippen LogP contribution in [0.2, 0.25) is 0 Å². The molecule has 0 saturated carbocycles. The smallest absolute Gasteiger partial charge is 0.326 e. The van der Waals surface area contributed by atoms with Crippen LogP contribution in [0.3, 0.4) is 0 Å². The summed E-state index contributed by atoms with van der Waals surface area (Å²) >= 11 is 0. The first-order valence-corrected chi connectivity index (χ1v) is 12.2. The number of nitrogens with two attached hydrogens (primary N) is 3. The molecule has 216 valence electrons. The zero-order chi connectivity index (χ0) is 29.7. The fourth-order valence-electron chi connectivity index (χ4n) is 3.34. The van der Waals surface area contributed by atoms with Crippen LogP contribution in [0, 0.1) is 5.92 Å². The number of hydrogen-bond acceptors (Lipinski definition) is 8. The third kappa shape index (κ3) is 12.1. The number of rotatable bonds is 16. The van der Waals surface area contributed by atoms with Gasteiger partial charge < -0.3 is 48.5 Å². The molecule has 1 aromatic rings. The Kier molecular flexibility index (Phi) is 13.2. The van der Waals surface area contributed by atoms with E-state index in [2.05, 4.69) is 20.9 Å². The van der Waals surface area contributed by atoms with E-state index >= 15 is 0 Å². The Bertz CT molecular complexity index is 1040. The minimum atomic E-state index is -1.76. The number of aromatic hydroxyl groups is 1. The van der Waals surface area contributed by atoms with Crippen molar-refractivity contribution in [3.05, 3.63) is 29.8 Å². The second-order valence-corrected chi connectivity index (χ2v) is 9.21. The van der Waals surface area contributed by atoms with Crippen LogP contribution in [0.4, 0.5) is 0 Å². The molecule has 4 unspecified atom stereocenters. The van der Waals surface area contributed by atoms with E-state index in [1.54, 1.807) is 13.8 Å². The fraction of sp³-hybridized carbons (Fsp3) is 0.500. The summed E-state index contributed by atoms with van der Waals surface area (Å²) in [4.78, 5) is 65.3. The van der Waals surface area contributed by atoms with Gasteiger partial charge in [-0.25, -0.2) is 4.79 Å². The van der Waals surface area contributed by atoms with Crippen molar-refractivity contribution in [2.24, 2.45) is 28.1 Å². The third-order valence-electron chi connectivity index (χ3n) is 5.60. The van der Waals surface area contributed by atoms with E-state index in [4.69, 9.17) is 22.3 Å². The second kappa shape index (κ2) is 15.8. The van der Waals surface area contributed by atoms with Gasteiger partial charge in [-0.15, -0.1) is 0 Å². The zero-order valence-corrected chi connectivity index (χ0v) is 21.8. The van der Waals surface area contributed by atoms with Crippen molar-refractivity contribution in [1.82, 2.24) is 16.0 Å². The Morgan fingerprint density at radius 3 is 1.92 bits per heavy atom. The van der Waals surface area contributed by atoms with Gasteiger partial charge in [0.1, 0.15) is 23.9 Å². The number of phenols is 1. The van der Waals surface area contributed by atoms with Gasteiger partial charge in [0.2, 0.25) is 17.7 Å². The van der Waals surface area contributed by atoms with Crippen LogP contribution < -0.4 is 33.2 Å². The molecule has 12 N–H and O–H groups in total. The molecule has 39 heavy (non-hydrogen) atoms. The number of carbonyl (C=O) groups excluding carboxylic acids is 3. The first-order valence-electron chi connectivity index (χ1n) is 12.2. The maximum atomic E-state index is 13.3. The highest BCUT2D eigenvalue weighted by Crippen LogP contribution is 2.12. The summed E-state index contributed by atoms with van der Waals surface area (Å²) in [7, 11) is 0. The van der Waals surface area contributed by atoms with Crippen molar-refractivity contribution >= 4 is 35.6 Å². The fourth-order valence-corrected chi connectivity index (χ4v) is 3.34. The van der Waals surface area contributed by atoms with E-state index in [0.717, 1.165) is 0 Å². The van der Waals surface area contributed by atoms with Crippen LogP contribution in [0.1, 0.15) is 38.7 Å². The molecule has 1 rings (SSSR count). The average molecular weight is 552 g/mol. The van der Waals surface area contributed by atoms with E-state index in [1.807, 2.05) is 0 Å². The summed E-state index contributed by atoms with van der Waals surface area (Å²) in [6, 6.07) is 0.505. The molecule has 15 heteroatoms. The van der Waals surface area contributed by atoms with Crippen LogP contribution >= 0.6 is 0 Å². The lowest BCUT2D eigenvalue weighted by Crippen LogP contribution is -2.58. The lowest BCUT2D eigenvalue weighted by molar-refractivity contribution is -0.147. The van der Waals surface area contributed by atoms with Crippen LogP contribution in [-0.2, 0) is 30.4 Å². The van der Waals surface area contributed by atoms with E-state index in [0.29, 0.717) is 5.56 Å². The van der Waals surface area contributed by atoms with Crippen LogP contribution in [0.25, 0.3) is 0 Å². The van der Waals surface area contributed by atoms with Crippen molar-refractivity contribution in [3.8, 4) is 5.75 Å². The van der Waals surface area contributed by atoms with Crippen molar-refractivity contribution in [1.29, 1.82) is 0 Å². The molecule has 1 aromatic carbocycles. The Balaban J connectivity index is 3.21. The van der Waals surface area contributed by atoms with Crippen molar-refractivity contribution in [2.75, 3.05) is 6.54 Å². The second-order valence-electron chi connectivity index (χ2n) is 9.21. The molecule has 0 aliphatic rings. The van der Waals surface area contributed by atoms with Gasteiger partial charge in [0, 0.05) is 13.0 Å². The number of benzene rings is 1. The molecule has 0 fully saturated rings. The summed E-state index contributed by atoms with van der Waals surface area (Å²) in [6.07, 6.45) is -0.680. The number of carbonyl (C=O) groups is 5. The van der Waals surface area contributed by atoms with E-state index < -0.39 is 60.2 Å². The highest BCUT2D eigenvalue weighted by molar-refractivity contribution is 5.94. The quantitative estimate of drug-likeness (QED) is 0.0614. The molecule has 0 spiro atoms. The predicted octanol–water partition coefficient (Wildman–Crippen LogP) is -2.01. The molecular weight excluding hydrogens is 514 g/mol. The van der Waals surface area contributed by atoms with Crippen LogP contribution in [0.5, 0.6) is 5.75 Å². The number of carboxylic acids is 2. The third-order valence-corrected chi connectivity index (χ3v) is 5.60. The van der Waals surface area contributed by atoms with Gasteiger partial charge in [-0.3, -0.25) is 24.2 Å². The number of amides is 3. The Hall–Kier alpha value is -4.40. The lowest BCUT2D eigenvalue weighted by Gasteiger charge is -2.25. The predicted molar refractivity (Wildman–Crippen MR) is 140 cm³/mol. The first-order chi connectivity index (χ1) is 18.2. The Labute approximate surface area is 225 Å². The normalized spacial score (nSPS) is 13.8. The molecule has 0 heterocycles. The van der Waals surface area contributed by atoms with E-state index in [-0.39, 0.29) is 43.4 Å². The van der Waals surface area contributed by atoms with Gasteiger partial charge in [-0.05, 0) is 36.5 Å². The van der Waals surface area contributed by atoms with Crippen molar-refractivity contribution < 1.29 is 39.3 Å². The number of aliphatic imine (C=N–C) groups is 1. The van der Waals surface area contributed by atoms with Crippen LogP contribution in [0.15, 0.2) is 29.3 Å². The van der Waals surface area contributed by atoms with Crippen LogP contribution in [-0.4, -0.2) is 81.7 Å². The summed E-state index contributed by atoms with van der Waals surface area (Å²) in [5.74, 6) is -5.78. The molecule has 0 radical (unpaired) electrons. The number of nitrogens with zero attached hydrogens (tertiary/aromatic N) is 1. The summed E-state index contributed by atoms with van der Waals surface area (Å²) in [6.45, 7) is 3.61. The topological polar surface area (TPSA) is 273 Å². The molecule has 0 aliphatic heterocycles. The molecule has 0 aromatic heterocycles. The minimum Gasteiger partial charge on any atom is -0.508 e. The molecule has 3 amide bonds. The Morgan fingerprint density at radius 1 is 0.872 bits per heavy atom. The van der Waals surface area contributed by atoms with Gasteiger partial charge in [0.25, 0.3) is 0 Å². The number of hydrogen-bond donors (Lipinski definition) is 9. The number of phenolic OH excluding ortho intramolecular Hbond substituents is 1. The zero-order valence-electron chi connectivity index (χ0n) is 21.8. The lowest BCUT2D eigenvalue weighted by atomic mass is 10.0. The summed E-state index contributed by atoms with van der Waals surface area (Å²) in [5, 5.41) is 35.0. The van der Waals surface area contributed by atoms with Gasteiger partial charge in [-0.2, -0.15) is 0 Å². The van der Waals surface area contributed by atoms with E-state index in [9.17, 15) is 34.2 Å². The molecular formula is C24H37N7O8. The van der Waals surface area contributed by atoms with Gasteiger partial charge in [0.05, 0.1) is 12.5 Å². The summed E-state index contributed by atoms with van der Waals surface area (Å²) < 4.78 is 0. The largest absolute Gasteiger partial charge is 0.508 e. The maximum Gasteiger partial charge on any atom is 0.326 e. The van der Waals surface area contributed by atoms with Gasteiger partial charge >= 0.3 is 11.9 Å². The molecule has 0 bridgehead atoms. The minimum absolute atomic E-state index is 0.0405. The summed E-state index contributed by atoms with van der Waals surface area (Å²) in [5.41, 5.74) is 17.0. The number of nitrogens with one attached hydrogen (secondary N) is 3. The SMILES string of the molecule is CC(C)C(N)C(=O)NC(CCCN=C(N)N)C(=O)NC(Cc1ccc(O)cc1)C(=O)NC(CC(=O)O)C(=O)O. The first kappa shape index (κ1) is 32.6. The van der Waals surface area contributed by atoms with E-state index in [1.165, 1.54) is 24.3 Å². The molecule has 4 atom stereocenters. The monoisotopic (exact) mass is 551 g/mol. The van der Waals surface area contributed by atoms with Crippen molar-refractivity contribution in [2.45, 2.75) is 63.7 Å². The number of aliphatic carboxylic acids is 2. The Morgan fingerprint density at radius 2 is 1.41 bits per heavy atom. The molecule has 0 saturated heterocycles.